The molecular weight excluding hydrogens is 384 g/mol. The molecule has 4 rings (SSSR count). The van der Waals surface area contributed by atoms with Crippen LogP contribution in [0.15, 0.2) is 45.7 Å². The Morgan fingerprint density at radius 1 is 1.07 bits per heavy atom. The number of hydrogen-bond donors (Lipinski definition) is 0. The number of piperazine rings is 1. The molecule has 1 aromatic carbocycles. The van der Waals surface area contributed by atoms with Crippen molar-refractivity contribution in [2.45, 2.75) is 55.7 Å². The van der Waals surface area contributed by atoms with Crippen LogP contribution in [0, 0.1) is 6.92 Å². The Bertz CT molecular complexity index is 865. The van der Waals surface area contributed by atoms with Crippen LogP contribution in [0.1, 0.15) is 54.0 Å². The highest BCUT2D eigenvalue weighted by molar-refractivity contribution is 7.84. The van der Waals surface area contributed by atoms with E-state index in [-0.39, 0.29) is 11.7 Å². The molecule has 156 valence electrons. The molecule has 1 amide bonds. The van der Waals surface area contributed by atoms with Gasteiger partial charge >= 0.3 is 0 Å². The molecule has 0 radical (unpaired) electrons. The van der Waals surface area contributed by atoms with E-state index in [9.17, 15) is 9.00 Å². The summed E-state index contributed by atoms with van der Waals surface area (Å²) >= 11 is 0. The molecule has 1 saturated heterocycles. The first-order valence-electron chi connectivity index (χ1n) is 10.7. The summed E-state index contributed by atoms with van der Waals surface area (Å²) in [7, 11) is -1.18. The van der Waals surface area contributed by atoms with E-state index in [4.69, 9.17) is 4.42 Å². The quantitative estimate of drug-likeness (QED) is 0.742. The molecule has 1 aliphatic carbocycles. The van der Waals surface area contributed by atoms with Crippen LogP contribution in [-0.2, 0) is 16.6 Å². The highest BCUT2D eigenvalue weighted by Gasteiger charge is 2.28. The van der Waals surface area contributed by atoms with Gasteiger partial charge in [-0.1, -0.05) is 31.4 Å². The van der Waals surface area contributed by atoms with Gasteiger partial charge in [0.1, 0.15) is 5.76 Å². The first-order chi connectivity index (χ1) is 14.1. The van der Waals surface area contributed by atoms with Gasteiger partial charge in [0.05, 0.1) is 16.6 Å². The zero-order chi connectivity index (χ0) is 20.2. The number of nitrogens with zero attached hydrogens (tertiary/aromatic N) is 2. The van der Waals surface area contributed by atoms with E-state index in [1.807, 2.05) is 36.1 Å². The third-order valence-corrected chi connectivity index (χ3v) is 7.42. The molecule has 2 aromatic rings. The summed E-state index contributed by atoms with van der Waals surface area (Å²) in [5.74, 6) is 1.17. The maximum absolute atomic E-state index is 12.8. The highest BCUT2D eigenvalue weighted by atomic mass is 32.2. The van der Waals surface area contributed by atoms with Gasteiger partial charge in [0, 0.05) is 37.1 Å². The maximum atomic E-state index is 12.8. The van der Waals surface area contributed by atoms with Gasteiger partial charge in [-0.2, -0.15) is 0 Å². The lowest BCUT2D eigenvalue weighted by atomic mass is 9.94. The largest absolute Gasteiger partial charge is 0.455 e. The molecule has 1 unspecified atom stereocenters. The van der Waals surface area contributed by atoms with Crippen molar-refractivity contribution < 1.29 is 13.4 Å². The van der Waals surface area contributed by atoms with Gasteiger partial charge < -0.3 is 9.32 Å². The van der Waals surface area contributed by atoms with Gasteiger partial charge in [-0.15, -0.1) is 0 Å². The Morgan fingerprint density at radius 2 is 1.83 bits per heavy atom. The van der Waals surface area contributed by atoms with Gasteiger partial charge in [-0.3, -0.25) is 13.9 Å². The number of amides is 1. The van der Waals surface area contributed by atoms with Crippen LogP contribution in [0.25, 0.3) is 0 Å². The number of benzene rings is 1. The summed E-state index contributed by atoms with van der Waals surface area (Å²) in [4.78, 5) is 18.1. The Labute approximate surface area is 175 Å². The van der Waals surface area contributed by atoms with E-state index in [2.05, 4.69) is 4.90 Å². The predicted molar refractivity (Wildman–Crippen MR) is 114 cm³/mol. The van der Waals surface area contributed by atoms with Gasteiger partial charge in [0.2, 0.25) is 0 Å². The number of carbonyl (C=O) groups excluding carboxylic acids is 1. The van der Waals surface area contributed by atoms with Gasteiger partial charge in [-0.05, 0) is 49.6 Å². The fraction of sp³-hybridized carbons (Fsp3) is 0.522. The smallest absolute Gasteiger partial charge is 0.289 e. The van der Waals surface area contributed by atoms with Crippen molar-refractivity contribution in [2.75, 3.05) is 26.2 Å². The molecule has 2 heterocycles. The zero-order valence-electron chi connectivity index (χ0n) is 17.1. The molecule has 0 N–H and O–H groups in total. The van der Waals surface area contributed by atoms with Crippen molar-refractivity contribution in [3.8, 4) is 0 Å². The molecule has 1 aliphatic heterocycles. The SMILES string of the molecule is Cc1cccc(S(=O)Cc2ccc(C(=O)N3CCN(C4CCCCC4)CC3)o2)c1. The van der Waals surface area contributed by atoms with Crippen LogP contribution in [0.5, 0.6) is 0 Å². The van der Waals surface area contributed by atoms with Crippen LogP contribution in [0.4, 0.5) is 0 Å². The standard InChI is InChI=1S/C23H30N2O3S/c1-18-6-5-9-21(16-18)29(27)17-20-10-11-22(28-20)23(26)25-14-12-24(13-15-25)19-7-3-2-4-8-19/h5-6,9-11,16,19H,2-4,7-8,12-15,17H2,1H3. The monoisotopic (exact) mass is 414 g/mol. The molecule has 2 aliphatic rings. The topological polar surface area (TPSA) is 53.8 Å². The summed E-state index contributed by atoms with van der Waals surface area (Å²) in [6.45, 7) is 5.38. The van der Waals surface area contributed by atoms with Crippen molar-refractivity contribution in [3.05, 3.63) is 53.5 Å². The zero-order valence-corrected chi connectivity index (χ0v) is 18.0. The van der Waals surface area contributed by atoms with Gasteiger partial charge in [0.25, 0.3) is 5.91 Å². The molecule has 0 bridgehead atoms. The first-order valence-corrected chi connectivity index (χ1v) is 12.0. The van der Waals surface area contributed by atoms with E-state index < -0.39 is 10.8 Å². The van der Waals surface area contributed by atoms with Crippen molar-refractivity contribution in [2.24, 2.45) is 0 Å². The third kappa shape index (κ3) is 4.98. The van der Waals surface area contributed by atoms with Gasteiger partial charge in [-0.25, -0.2) is 0 Å². The maximum Gasteiger partial charge on any atom is 0.289 e. The van der Waals surface area contributed by atoms with E-state index in [0.29, 0.717) is 17.6 Å². The molecule has 0 spiro atoms. The van der Waals surface area contributed by atoms with Crippen LogP contribution in [-0.4, -0.2) is 52.1 Å². The predicted octanol–water partition coefficient (Wildman–Crippen LogP) is 3.99. The Kier molecular flexibility index (Phi) is 6.50. The summed E-state index contributed by atoms with van der Waals surface area (Å²) in [6.07, 6.45) is 6.64. The first kappa shape index (κ1) is 20.4. The Balaban J connectivity index is 1.32. The van der Waals surface area contributed by atoms with E-state index in [1.165, 1.54) is 32.1 Å². The minimum atomic E-state index is -1.18. The molecule has 1 saturated carbocycles. The third-order valence-electron chi connectivity index (χ3n) is 6.09. The summed E-state index contributed by atoms with van der Waals surface area (Å²) in [5.41, 5.74) is 1.08. The molecule has 6 heteroatoms. The summed E-state index contributed by atoms with van der Waals surface area (Å²) in [5, 5.41) is 0. The molecule has 29 heavy (non-hydrogen) atoms. The number of carbonyl (C=O) groups is 1. The summed E-state index contributed by atoms with van der Waals surface area (Å²) < 4.78 is 18.4. The van der Waals surface area contributed by atoms with E-state index in [0.717, 1.165) is 36.6 Å². The number of furan rings is 1. The number of hydrogen-bond acceptors (Lipinski definition) is 4. The van der Waals surface area contributed by atoms with E-state index >= 15 is 0 Å². The average molecular weight is 415 g/mol. The average Bonchev–Trinajstić information content (AvgIpc) is 3.22. The molecule has 2 fully saturated rings. The van der Waals surface area contributed by atoms with Crippen molar-refractivity contribution in [3.63, 3.8) is 0 Å². The number of rotatable bonds is 5. The van der Waals surface area contributed by atoms with Crippen molar-refractivity contribution in [1.82, 2.24) is 9.80 Å². The molecule has 1 atom stereocenters. The molecular formula is C23H30N2O3S. The normalized spacial score (nSPS) is 20.0. The fourth-order valence-electron chi connectivity index (χ4n) is 4.43. The Hall–Kier alpha value is -1.92. The lowest BCUT2D eigenvalue weighted by Gasteiger charge is -2.40. The van der Waals surface area contributed by atoms with Crippen molar-refractivity contribution in [1.29, 1.82) is 0 Å². The van der Waals surface area contributed by atoms with Crippen LogP contribution in [0.2, 0.25) is 0 Å². The lowest BCUT2D eigenvalue weighted by molar-refractivity contribution is 0.0496. The lowest BCUT2D eigenvalue weighted by Crippen LogP contribution is -2.52. The van der Waals surface area contributed by atoms with Crippen LogP contribution in [0.3, 0.4) is 0 Å². The molecule has 5 nitrogen and oxygen atoms in total. The fourth-order valence-corrected chi connectivity index (χ4v) is 5.56. The highest BCUT2D eigenvalue weighted by Crippen LogP contribution is 2.24. The second kappa shape index (κ2) is 9.26. The summed E-state index contributed by atoms with van der Waals surface area (Å²) in [6, 6.07) is 11.9. The van der Waals surface area contributed by atoms with E-state index in [1.54, 1.807) is 12.1 Å². The van der Waals surface area contributed by atoms with Crippen LogP contribution >= 0.6 is 0 Å². The second-order valence-corrected chi connectivity index (χ2v) is 9.64. The Morgan fingerprint density at radius 3 is 2.55 bits per heavy atom. The van der Waals surface area contributed by atoms with Crippen molar-refractivity contribution >= 4 is 16.7 Å². The minimum Gasteiger partial charge on any atom is -0.455 e. The molecule has 1 aromatic heterocycles. The second-order valence-electron chi connectivity index (χ2n) is 8.19. The van der Waals surface area contributed by atoms with Crippen LogP contribution < -0.4 is 0 Å². The van der Waals surface area contributed by atoms with Gasteiger partial charge in [0.15, 0.2) is 5.76 Å². The number of aryl methyl sites for hydroxylation is 1. The minimum absolute atomic E-state index is 0.0547.